The Morgan fingerprint density at radius 3 is 2.82 bits per heavy atom. The molecule has 94 valence electrons. The molecule has 0 bridgehead atoms. The minimum Gasteiger partial charge on any atom is -0.485 e. The number of nitrogens with zero attached hydrogens (tertiary/aromatic N) is 1. The molecule has 2 rings (SSSR count). The number of hydrogen-bond acceptors (Lipinski definition) is 4. The molecule has 0 N–H and O–H groups in total. The largest absolute Gasteiger partial charge is 0.485 e. The summed E-state index contributed by atoms with van der Waals surface area (Å²) in [4.78, 5) is 13.9. The van der Waals surface area contributed by atoms with Crippen molar-refractivity contribution in [1.82, 2.24) is 4.90 Å². The van der Waals surface area contributed by atoms with E-state index < -0.39 is 0 Å². The van der Waals surface area contributed by atoms with Crippen molar-refractivity contribution in [2.75, 3.05) is 26.2 Å². The Morgan fingerprint density at radius 1 is 1.35 bits per heavy atom. The van der Waals surface area contributed by atoms with Crippen LogP contribution in [-0.2, 0) is 0 Å². The van der Waals surface area contributed by atoms with Crippen LogP contribution < -0.4 is 10.2 Å². The highest BCUT2D eigenvalue weighted by Crippen LogP contribution is 2.11. The van der Waals surface area contributed by atoms with Gasteiger partial charge in [-0.05, 0) is 32.9 Å². The van der Waals surface area contributed by atoms with E-state index in [1.165, 1.54) is 31.6 Å². The second-order valence-corrected chi connectivity index (χ2v) is 4.42. The van der Waals surface area contributed by atoms with Crippen LogP contribution in [-0.4, -0.2) is 31.1 Å². The molecule has 0 radical (unpaired) electrons. The first-order valence-electron chi connectivity index (χ1n) is 6.21. The maximum Gasteiger partial charge on any atom is 0.226 e. The van der Waals surface area contributed by atoms with Crippen molar-refractivity contribution in [2.24, 2.45) is 0 Å². The molecule has 0 saturated carbocycles. The highest BCUT2D eigenvalue weighted by atomic mass is 16.5. The molecule has 1 fully saturated rings. The molecule has 0 spiro atoms. The van der Waals surface area contributed by atoms with Crippen LogP contribution in [0.4, 0.5) is 0 Å². The zero-order valence-electron chi connectivity index (χ0n) is 10.3. The Morgan fingerprint density at radius 2 is 2.12 bits per heavy atom. The van der Waals surface area contributed by atoms with Crippen molar-refractivity contribution in [3.63, 3.8) is 0 Å². The standard InChI is InChI=1S/C13H19NO3/c1-11-13(12(15)5-9-16-11)17-10-8-14-6-3-2-4-7-14/h5,9H,2-4,6-8,10H2,1H3. The number of hydrogen-bond donors (Lipinski definition) is 0. The van der Waals surface area contributed by atoms with Gasteiger partial charge in [-0.2, -0.15) is 0 Å². The average Bonchev–Trinajstić information content (AvgIpc) is 2.34. The van der Waals surface area contributed by atoms with Gasteiger partial charge in [-0.1, -0.05) is 6.42 Å². The second-order valence-electron chi connectivity index (χ2n) is 4.42. The minimum atomic E-state index is -0.104. The van der Waals surface area contributed by atoms with E-state index in [-0.39, 0.29) is 5.43 Å². The molecule has 0 unspecified atom stereocenters. The highest BCUT2D eigenvalue weighted by Gasteiger charge is 2.11. The van der Waals surface area contributed by atoms with Gasteiger partial charge in [0.15, 0.2) is 0 Å². The molecule has 1 aromatic heterocycles. The van der Waals surface area contributed by atoms with Crippen LogP contribution in [0.25, 0.3) is 0 Å². The molecule has 4 heteroatoms. The van der Waals surface area contributed by atoms with Crippen molar-refractivity contribution in [1.29, 1.82) is 0 Å². The molecule has 1 aromatic rings. The van der Waals surface area contributed by atoms with E-state index in [4.69, 9.17) is 9.15 Å². The number of likely N-dealkylation sites (tertiary alicyclic amines) is 1. The van der Waals surface area contributed by atoms with E-state index in [2.05, 4.69) is 4.90 Å². The van der Waals surface area contributed by atoms with Crippen LogP contribution in [0.2, 0.25) is 0 Å². The zero-order chi connectivity index (χ0) is 12.1. The molecule has 0 aliphatic carbocycles. The van der Waals surface area contributed by atoms with Gasteiger partial charge < -0.3 is 9.15 Å². The molecule has 0 atom stereocenters. The summed E-state index contributed by atoms with van der Waals surface area (Å²) in [7, 11) is 0. The summed E-state index contributed by atoms with van der Waals surface area (Å²) in [6.45, 7) is 5.47. The molecule has 4 nitrogen and oxygen atoms in total. The Kier molecular flexibility index (Phi) is 4.20. The number of piperidine rings is 1. The molecule has 17 heavy (non-hydrogen) atoms. The lowest BCUT2D eigenvalue weighted by Gasteiger charge is -2.26. The lowest BCUT2D eigenvalue weighted by Crippen LogP contribution is -2.33. The number of rotatable bonds is 4. The van der Waals surface area contributed by atoms with Gasteiger partial charge >= 0.3 is 0 Å². The van der Waals surface area contributed by atoms with Gasteiger partial charge in [0.1, 0.15) is 12.4 Å². The maximum atomic E-state index is 11.5. The fourth-order valence-electron chi connectivity index (χ4n) is 2.13. The first-order chi connectivity index (χ1) is 8.27. The quantitative estimate of drug-likeness (QED) is 0.801. The third-order valence-corrected chi connectivity index (χ3v) is 3.11. The maximum absolute atomic E-state index is 11.5. The molecule has 0 amide bonds. The van der Waals surface area contributed by atoms with Gasteiger partial charge in [0, 0.05) is 12.6 Å². The Labute approximate surface area is 101 Å². The first-order valence-corrected chi connectivity index (χ1v) is 6.21. The van der Waals surface area contributed by atoms with Crippen molar-refractivity contribution < 1.29 is 9.15 Å². The fourth-order valence-corrected chi connectivity index (χ4v) is 2.13. The summed E-state index contributed by atoms with van der Waals surface area (Å²) in [5, 5.41) is 0. The van der Waals surface area contributed by atoms with E-state index in [1.807, 2.05) is 0 Å². The summed E-state index contributed by atoms with van der Waals surface area (Å²) in [6, 6.07) is 1.39. The van der Waals surface area contributed by atoms with E-state index in [0.29, 0.717) is 18.1 Å². The van der Waals surface area contributed by atoms with Gasteiger partial charge in [-0.25, -0.2) is 0 Å². The summed E-state index contributed by atoms with van der Waals surface area (Å²) in [5.74, 6) is 0.903. The molecular formula is C13H19NO3. The average molecular weight is 237 g/mol. The second kappa shape index (κ2) is 5.87. The summed E-state index contributed by atoms with van der Waals surface area (Å²) in [6.07, 6.45) is 5.27. The molecule has 1 saturated heterocycles. The molecule has 0 aromatic carbocycles. The van der Waals surface area contributed by atoms with Crippen molar-refractivity contribution in [3.8, 4) is 5.75 Å². The third kappa shape index (κ3) is 3.33. The first kappa shape index (κ1) is 12.2. The predicted octanol–water partition coefficient (Wildman–Crippen LogP) is 1.81. The van der Waals surface area contributed by atoms with E-state index in [9.17, 15) is 4.79 Å². The lowest BCUT2D eigenvalue weighted by atomic mass is 10.1. The lowest BCUT2D eigenvalue weighted by molar-refractivity contribution is 0.180. The van der Waals surface area contributed by atoms with Crippen LogP contribution in [0.3, 0.4) is 0 Å². The van der Waals surface area contributed by atoms with Gasteiger partial charge in [0.05, 0.1) is 6.26 Å². The number of aryl methyl sites for hydroxylation is 1. The van der Waals surface area contributed by atoms with Crippen LogP contribution in [0, 0.1) is 6.92 Å². The van der Waals surface area contributed by atoms with Crippen molar-refractivity contribution in [3.05, 3.63) is 28.3 Å². The molecular weight excluding hydrogens is 218 g/mol. The Hall–Kier alpha value is -1.29. The molecule has 2 heterocycles. The van der Waals surface area contributed by atoms with E-state index >= 15 is 0 Å². The van der Waals surface area contributed by atoms with E-state index in [1.54, 1.807) is 6.92 Å². The Bertz CT molecular complexity index is 407. The number of ether oxygens (including phenoxy) is 1. The smallest absolute Gasteiger partial charge is 0.226 e. The van der Waals surface area contributed by atoms with Crippen molar-refractivity contribution in [2.45, 2.75) is 26.2 Å². The fraction of sp³-hybridized carbons (Fsp3) is 0.615. The van der Waals surface area contributed by atoms with Gasteiger partial charge in [0.2, 0.25) is 11.2 Å². The highest BCUT2D eigenvalue weighted by molar-refractivity contribution is 5.22. The van der Waals surface area contributed by atoms with Gasteiger partial charge in [-0.15, -0.1) is 0 Å². The molecule has 1 aliphatic rings. The predicted molar refractivity (Wildman–Crippen MR) is 65.5 cm³/mol. The van der Waals surface area contributed by atoms with Gasteiger partial charge in [-0.3, -0.25) is 9.69 Å². The topological polar surface area (TPSA) is 42.7 Å². The SMILES string of the molecule is Cc1occc(=O)c1OCCN1CCCCC1. The summed E-state index contributed by atoms with van der Waals surface area (Å²) < 4.78 is 10.7. The Balaban J connectivity index is 1.83. The van der Waals surface area contributed by atoms with E-state index in [0.717, 1.165) is 19.6 Å². The third-order valence-electron chi connectivity index (χ3n) is 3.11. The zero-order valence-corrected chi connectivity index (χ0v) is 10.3. The molecule has 1 aliphatic heterocycles. The van der Waals surface area contributed by atoms with Crippen LogP contribution in [0.5, 0.6) is 5.75 Å². The van der Waals surface area contributed by atoms with Gasteiger partial charge in [0.25, 0.3) is 0 Å². The monoisotopic (exact) mass is 237 g/mol. The van der Waals surface area contributed by atoms with Crippen molar-refractivity contribution >= 4 is 0 Å². The minimum absolute atomic E-state index is 0.104. The summed E-state index contributed by atoms with van der Waals surface area (Å²) >= 11 is 0. The normalized spacial score (nSPS) is 17.0. The summed E-state index contributed by atoms with van der Waals surface area (Å²) in [5.41, 5.74) is -0.104. The van der Waals surface area contributed by atoms with Crippen LogP contribution in [0.15, 0.2) is 21.5 Å². The van der Waals surface area contributed by atoms with Crippen LogP contribution >= 0.6 is 0 Å². The van der Waals surface area contributed by atoms with Crippen LogP contribution in [0.1, 0.15) is 25.0 Å².